The summed E-state index contributed by atoms with van der Waals surface area (Å²) in [6.45, 7) is 7.63. The van der Waals surface area contributed by atoms with Gasteiger partial charge in [0, 0.05) is 37.2 Å². The predicted octanol–water partition coefficient (Wildman–Crippen LogP) is 2.19. The van der Waals surface area contributed by atoms with Gasteiger partial charge >= 0.3 is 0 Å². The topological polar surface area (TPSA) is 50.8 Å². The van der Waals surface area contributed by atoms with Crippen LogP contribution < -0.4 is 14.8 Å². The Morgan fingerprint density at radius 3 is 2.74 bits per heavy atom. The quantitative estimate of drug-likeness (QED) is 0.924. The fourth-order valence-corrected chi connectivity index (χ4v) is 3.20. The van der Waals surface area contributed by atoms with Crippen LogP contribution in [0.15, 0.2) is 18.2 Å². The van der Waals surface area contributed by atoms with Gasteiger partial charge in [-0.05, 0) is 18.9 Å². The zero-order valence-electron chi connectivity index (χ0n) is 14.0. The Bertz CT molecular complexity index is 551. The second-order valence-corrected chi connectivity index (χ2v) is 6.58. The fraction of sp³-hybridized carbons (Fsp3) is 0.611. The van der Waals surface area contributed by atoms with Crippen molar-refractivity contribution < 1.29 is 14.3 Å². The lowest BCUT2D eigenvalue weighted by Gasteiger charge is -2.33. The van der Waals surface area contributed by atoms with Gasteiger partial charge in [-0.2, -0.15) is 0 Å². The molecule has 5 nitrogen and oxygen atoms in total. The molecule has 1 aromatic carbocycles. The van der Waals surface area contributed by atoms with E-state index >= 15 is 0 Å². The summed E-state index contributed by atoms with van der Waals surface area (Å²) in [4.78, 5) is 14.0. The average molecular weight is 318 g/mol. The third-order valence-electron chi connectivity index (χ3n) is 4.53. The molecule has 1 N–H and O–H groups in total. The maximum atomic E-state index is 12.0. The van der Waals surface area contributed by atoms with Crippen LogP contribution >= 0.6 is 0 Å². The molecule has 0 spiro atoms. The molecule has 3 rings (SSSR count). The number of para-hydroxylation sites is 1. The fourth-order valence-electron chi connectivity index (χ4n) is 3.20. The molecular weight excluding hydrogens is 292 g/mol. The van der Waals surface area contributed by atoms with Gasteiger partial charge < -0.3 is 19.7 Å². The van der Waals surface area contributed by atoms with Crippen LogP contribution in [0.1, 0.15) is 32.3 Å². The number of carbonyl (C=O) groups excluding carboxylic acids is 1. The van der Waals surface area contributed by atoms with E-state index in [1.54, 1.807) is 0 Å². The number of nitrogens with one attached hydrogen (secondary N) is 1. The Balaban J connectivity index is 1.52. The molecule has 2 aliphatic heterocycles. The second kappa shape index (κ2) is 7.21. The van der Waals surface area contributed by atoms with Gasteiger partial charge in [0.25, 0.3) is 0 Å². The Morgan fingerprint density at radius 2 is 2.00 bits per heavy atom. The molecule has 0 aromatic heterocycles. The first-order chi connectivity index (χ1) is 11.1. The van der Waals surface area contributed by atoms with Crippen LogP contribution in [0.4, 0.5) is 0 Å². The van der Waals surface area contributed by atoms with E-state index in [-0.39, 0.29) is 11.8 Å². The van der Waals surface area contributed by atoms with Gasteiger partial charge in [0.1, 0.15) is 13.2 Å². The summed E-state index contributed by atoms with van der Waals surface area (Å²) in [6, 6.07) is 6.49. The standard InChI is InChI=1S/C18H26N2O3/c1-13(2)18(21)20-8-6-15(7-9-20)19-12-14-4-3-5-16-17(14)23-11-10-22-16/h3-5,13,15,19H,6-12H2,1-2H3. The first-order valence-corrected chi connectivity index (χ1v) is 8.55. The minimum Gasteiger partial charge on any atom is -0.486 e. The number of amides is 1. The minimum atomic E-state index is 0.0903. The highest BCUT2D eigenvalue weighted by atomic mass is 16.6. The molecule has 5 heteroatoms. The summed E-state index contributed by atoms with van der Waals surface area (Å²) in [5.74, 6) is 2.07. The lowest BCUT2D eigenvalue weighted by Crippen LogP contribution is -2.46. The zero-order chi connectivity index (χ0) is 16.2. The highest BCUT2D eigenvalue weighted by Crippen LogP contribution is 2.33. The minimum absolute atomic E-state index is 0.0903. The van der Waals surface area contributed by atoms with Crippen LogP contribution in [-0.2, 0) is 11.3 Å². The number of nitrogens with zero attached hydrogens (tertiary/aromatic N) is 1. The zero-order valence-corrected chi connectivity index (χ0v) is 14.0. The van der Waals surface area contributed by atoms with Gasteiger partial charge in [0.2, 0.25) is 5.91 Å². The molecule has 0 unspecified atom stereocenters. The average Bonchev–Trinajstić information content (AvgIpc) is 2.59. The molecule has 0 radical (unpaired) electrons. The first kappa shape index (κ1) is 16.1. The lowest BCUT2D eigenvalue weighted by atomic mass is 10.0. The van der Waals surface area contributed by atoms with Crippen molar-refractivity contribution in [1.29, 1.82) is 0 Å². The maximum absolute atomic E-state index is 12.0. The number of likely N-dealkylation sites (tertiary alicyclic amines) is 1. The molecule has 0 atom stereocenters. The molecule has 1 fully saturated rings. The third-order valence-corrected chi connectivity index (χ3v) is 4.53. The summed E-state index contributed by atoms with van der Waals surface area (Å²) in [5.41, 5.74) is 1.14. The Kier molecular flexibility index (Phi) is 5.06. The number of rotatable bonds is 4. The first-order valence-electron chi connectivity index (χ1n) is 8.55. The number of fused-ring (bicyclic) bond motifs is 1. The smallest absolute Gasteiger partial charge is 0.225 e. The Morgan fingerprint density at radius 1 is 1.26 bits per heavy atom. The van der Waals surface area contributed by atoms with Crippen molar-refractivity contribution in [3.63, 3.8) is 0 Å². The molecule has 2 heterocycles. The van der Waals surface area contributed by atoms with Crippen molar-refractivity contribution in [1.82, 2.24) is 10.2 Å². The van der Waals surface area contributed by atoms with Gasteiger partial charge in [0.15, 0.2) is 11.5 Å². The number of hydrogen-bond acceptors (Lipinski definition) is 4. The number of carbonyl (C=O) groups is 1. The van der Waals surface area contributed by atoms with E-state index in [0.29, 0.717) is 19.3 Å². The Hall–Kier alpha value is -1.75. The van der Waals surface area contributed by atoms with Crippen LogP contribution in [-0.4, -0.2) is 43.2 Å². The van der Waals surface area contributed by atoms with Gasteiger partial charge in [-0.3, -0.25) is 4.79 Å². The van der Waals surface area contributed by atoms with Crippen LogP contribution in [0.2, 0.25) is 0 Å². The van der Waals surface area contributed by atoms with E-state index < -0.39 is 0 Å². The lowest BCUT2D eigenvalue weighted by molar-refractivity contribution is -0.135. The molecule has 2 aliphatic rings. The van der Waals surface area contributed by atoms with Gasteiger partial charge in [-0.1, -0.05) is 26.0 Å². The number of benzene rings is 1. The molecule has 0 aliphatic carbocycles. The predicted molar refractivity (Wildman–Crippen MR) is 88.7 cm³/mol. The molecule has 23 heavy (non-hydrogen) atoms. The van der Waals surface area contributed by atoms with Crippen LogP contribution in [0.5, 0.6) is 11.5 Å². The van der Waals surface area contributed by atoms with E-state index in [2.05, 4.69) is 11.4 Å². The largest absolute Gasteiger partial charge is 0.486 e. The van der Waals surface area contributed by atoms with Crippen LogP contribution in [0, 0.1) is 5.92 Å². The van der Waals surface area contributed by atoms with Crippen LogP contribution in [0.25, 0.3) is 0 Å². The molecular formula is C18H26N2O3. The molecule has 1 saturated heterocycles. The molecule has 0 bridgehead atoms. The SMILES string of the molecule is CC(C)C(=O)N1CCC(NCc2cccc3c2OCCO3)CC1. The van der Waals surface area contributed by atoms with Crippen molar-refractivity contribution in [3.8, 4) is 11.5 Å². The van der Waals surface area contributed by atoms with Crippen molar-refractivity contribution in [2.24, 2.45) is 5.92 Å². The van der Waals surface area contributed by atoms with Gasteiger partial charge in [0.05, 0.1) is 0 Å². The summed E-state index contributed by atoms with van der Waals surface area (Å²) in [5, 5.41) is 3.60. The Labute approximate surface area is 137 Å². The van der Waals surface area contributed by atoms with E-state index in [0.717, 1.165) is 49.5 Å². The monoisotopic (exact) mass is 318 g/mol. The summed E-state index contributed by atoms with van der Waals surface area (Å²) >= 11 is 0. The van der Waals surface area contributed by atoms with Crippen molar-refractivity contribution in [2.45, 2.75) is 39.3 Å². The second-order valence-electron chi connectivity index (χ2n) is 6.58. The van der Waals surface area contributed by atoms with E-state index in [1.165, 1.54) is 0 Å². The maximum Gasteiger partial charge on any atom is 0.225 e. The molecule has 1 aromatic rings. The van der Waals surface area contributed by atoms with Crippen molar-refractivity contribution >= 4 is 5.91 Å². The number of piperidine rings is 1. The van der Waals surface area contributed by atoms with Crippen molar-refractivity contribution in [2.75, 3.05) is 26.3 Å². The number of ether oxygens (including phenoxy) is 2. The molecule has 126 valence electrons. The highest BCUT2D eigenvalue weighted by molar-refractivity contribution is 5.78. The number of hydrogen-bond donors (Lipinski definition) is 1. The summed E-state index contributed by atoms with van der Waals surface area (Å²) < 4.78 is 11.4. The van der Waals surface area contributed by atoms with Gasteiger partial charge in [-0.25, -0.2) is 0 Å². The van der Waals surface area contributed by atoms with E-state index in [4.69, 9.17) is 9.47 Å². The van der Waals surface area contributed by atoms with E-state index in [1.807, 2.05) is 30.9 Å². The molecule has 1 amide bonds. The van der Waals surface area contributed by atoms with Gasteiger partial charge in [-0.15, -0.1) is 0 Å². The van der Waals surface area contributed by atoms with E-state index in [9.17, 15) is 4.79 Å². The normalized spacial score (nSPS) is 18.3. The third kappa shape index (κ3) is 3.78. The summed E-state index contributed by atoms with van der Waals surface area (Å²) in [6.07, 6.45) is 2.01. The van der Waals surface area contributed by atoms with Crippen molar-refractivity contribution in [3.05, 3.63) is 23.8 Å². The summed E-state index contributed by atoms with van der Waals surface area (Å²) in [7, 11) is 0. The highest BCUT2D eigenvalue weighted by Gasteiger charge is 2.24. The molecule has 0 saturated carbocycles. The van der Waals surface area contributed by atoms with Crippen LogP contribution in [0.3, 0.4) is 0 Å².